The van der Waals surface area contributed by atoms with Crippen LogP contribution < -0.4 is 5.73 Å². The van der Waals surface area contributed by atoms with E-state index >= 15 is 0 Å². The summed E-state index contributed by atoms with van der Waals surface area (Å²) in [5.74, 6) is 0.988. The monoisotopic (exact) mass is 328 g/mol. The average Bonchev–Trinajstić information content (AvgIpc) is 2.92. The summed E-state index contributed by atoms with van der Waals surface area (Å²) < 4.78 is 5.23. The summed E-state index contributed by atoms with van der Waals surface area (Å²) in [6.45, 7) is 6.56. The molecule has 3 rings (SSSR count). The number of primary amides is 1. The van der Waals surface area contributed by atoms with Crippen LogP contribution in [0.1, 0.15) is 42.3 Å². The summed E-state index contributed by atoms with van der Waals surface area (Å²) in [7, 11) is 0. The Hall–Kier alpha value is -2.21. The van der Waals surface area contributed by atoms with Gasteiger partial charge in [0, 0.05) is 48.4 Å². The molecule has 0 bridgehead atoms. The summed E-state index contributed by atoms with van der Waals surface area (Å²) in [6, 6.07) is 4.20. The topological polar surface area (TPSA) is 85.3 Å². The van der Waals surface area contributed by atoms with Crippen molar-refractivity contribution in [3.05, 3.63) is 35.5 Å². The second-order valence-corrected chi connectivity index (χ2v) is 6.53. The van der Waals surface area contributed by atoms with E-state index < -0.39 is 0 Å². The minimum Gasteiger partial charge on any atom is -0.370 e. The number of hydrogen-bond acceptors (Lipinski definition) is 5. The van der Waals surface area contributed by atoms with Gasteiger partial charge in [-0.1, -0.05) is 11.2 Å². The maximum Gasteiger partial charge on any atom is 0.218 e. The zero-order valence-electron chi connectivity index (χ0n) is 14.3. The number of hydrogen-bond donors (Lipinski definition) is 1. The highest BCUT2D eigenvalue weighted by atomic mass is 16.5. The van der Waals surface area contributed by atoms with E-state index in [-0.39, 0.29) is 5.91 Å². The van der Waals surface area contributed by atoms with Crippen LogP contribution >= 0.6 is 0 Å². The zero-order chi connectivity index (χ0) is 17.1. The first-order chi connectivity index (χ1) is 11.5. The van der Waals surface area contributed by atoms with Crippen LogP contribution in [0.2, 0.25) is 0 Å². The van der Waals surface area contributed by atoms with Crippen molar-refractivity contribution in [3.8, 4) is 11.1 Å². The second-order valence-electron chi connectivity index (χ2n) is 6.53. The lowest BCUT2D eigenvalue weighted by molar-refractivity contribution is -0.118. The predicted molar refractivity (Wildman–Crippen MR) is 91.4 cm³/mol. The number of likely N-dealkylation sites (tertiary alicyclic amines) is 1. The van der Waals surface area contributed by atoms with Gasteiger partial charge in [0.2, 0.25) is 5.91 Å². The molecule has 0 aliphatic carbocycles. The van der Waals surface area contributed by atoms with Crippen molar-refractivity contribution in [1.29, 1.82) is 0 Å². The summed E-state index contributed by atoms with van der Waals surface area (Å²) in [5.41, 5.74) is 9.31. The Morgan fingerprint density at radius 2 is 2.25 bits per heavy atom. The van der Waals surface area contributed by atoms with Crippen LogP contribution in [0.3, 0.4) is 0 Å². The average molecular weight is 328 g/mol. The maximum atomic E-state index is 11.0. The van der Waals surface area contributed by atoms with Crippen LogP contribution in [0, 0.1) is 13.8 Å². The first kappa shape index (κ1) is 16.6. The molecular weight excluding hydrogens is 304 g/mol. The van der Waals surface area contributed by atoms with E-state index in [1.165, 1.54) is 0 Å². The van der Waals surface area contributed by atoms with Gasteiger partial charge >= 0.3 is 0 Å². The summed E-state index contributed by atoms with van der Waals surface area (Å²) >= 11 is 0. The Bertz CT molecular complexity index is 689. The van der Waals surface area contributed by atoms with Crippen LogP contribution in [0.25, 0.3) is 11.1 Å². The molecule has 6 nitrogen and oxygen atoms in total. The van der Waals surface area contributed by atoms with E-state index in [1.807, 2.05) is 20.0 Å². The number of carbonyl (C=O) groups is 1. The van der Waals surface area contributed by atoms with Crippen molar-refractivity contribution in [3.63, 3.8) is 0 Å². The van der Waals surface area contributed by atoms with Crippen molar-refractivity contribution in [2.75, 3.05) is 19.6 Å². The smallest absolute Gasteiger partial charge is 0.218 e. The molecule has 6 heteroatoms. The molecule has 2 aromatic heterocycles. The van der Waals surface area contributed by atoms with E-state index in [2.05, 4.69) is 27.2 Å². The Morgan fingerprint density at radius 3 is 2.88 bits per heavy atom. The highest BCUT2D eigenvalue weighted by Gasteiger charge is 2.22. The lowest BCUT2D eigenvalue weighted by Gasteiger charge is -2.32. The molecule has 1 amide bonds. The van der Waals surface area contributed by atoms with E-state index in [0.717, 1.165) is 60.8 Å². The van der Waals surface area contributed by atoms with E-state index in [0.29, 0.717) is 12.3 Å². The third-order valence-electron chi connectivity index (χ3n) is 4.71. The molecule has 1 aliphatic heterocycles. The van der Waals surface area contributed by atoms with Crippen molar-refractivity contribution in [1.82, 2.24) is 15.0 Å². The molecule has 0 radical (unpaired) electrons. The van der Waals surface area contributed by atoms with Crippen LogP contribution in [-0.2, 0) is 4.79 Å². The van der Waals surface area contributed by atoms with Gasteiger partial charge in [0.15, 0.2) is 0 Å². The number of carbonyl (C=O) groups excluding carboxylic acids is 1. The molecule has 3 heterocycles. The zero-order valence-corrected chi connectivity index (χ0v) is 14.3. The molecule has 0 aromatic carbocycles. The van der Waals surface area contributed by atoms with Gasteiger partial charge in [0.1, 0.15) is 5.76 Å². The molecule has 0 saturated carbocycles. The Kier molecular flexibility index (Phi) is 4.94. The van der Waals surface area contributed by atoms with Crippen molar-refractivity contribution < 1.29 is 9.32 Å². The van der Waals surface area contributed by atoms with Gasteiger partial charge in [-0.05, 0) is 39.3 Å². The molecule has 1 saturated heterocycles. The number of amides is 1. The van der Waals surface area contributed by atoms with E-state index in [9.17, 15) is 4.79 Å². The highest BCUT2D eigenvalue weighted by Crippen LogP contribution is 2.29. The number of nitrogens with two attached hydrogens (primary N) is 1. The van der Waals surface area contributed by atoms with E-state index in [1.54, 1.807) is 0 Å². The third kappa shape index (κ3) is 3.64. The molecule has 1 atom stereocenters. The van der Waals surface area contributed by atoms with Crippen LogP contribution in [0.15, 0.2) is 22.9 Å². The first-order valence-corrected chi connectivity index (χ1v) is 8.44. The molecule has 1 aliphatic rings. The summed E-state index contributed by atoms with van der Waals surface area (Å²) in [6.07, 6.45) is 4.58. The standard InChI is InChI=1S/C18H24N4O2/c1-12-18(13(2)24-21-12)14-5-6-16(20-10-14)15-4-3-8-22(11-15)9-7-17(19)23/h5-6,10,15H,3-4,7-9,11H2,1-2H3,(H2,19,23). The Balaban J connectivity index is 1.70. The second kappa shape index (κ2) is 7.13. The normalized spacial score (nSPS) is 18.7. The van der Waals surface area contributed by atoms with Gasteiger partial charge in [0.25, 0.3) is 0 Å². The van der Waals surface area contributed by atoms with Crippen molar-refractivity contribution >= 4 is 5.91 Å². The number of rotatable bonds is 5. The molecule has 2 N–H and O–H groups in total. The highest BCUT2D eigenvalue weighted by molar-refractivity contribution is 5.73. The Morgan fingerprint density at radius 1 is 1.42 bits per heavy atom. The Labute approximate surface area is 142 Å². The fourth-order valence-electron chi connectivity index (χ4n) is 3.46. The lowest BCUT2D eigenvalue weighted by atomic mass is 9.93. The first-order valence-electron chi connectivity index (χ1n) is 8.44. The third-order valence-corrected chi connectivity index (χ3v) is 4.71. The molecule has 1 fully saturated rings. The van der Waals surface area contributed by atoms with Gasteiger partial charge in [-0.2, -0.15) is 0 Å². The van der Waals surface area contributed by atoms with Gasteiger partial charge in [0.05, 0.1) is 5.69 Å². The van der Waals surface area contributed by atoms with Crippen LogP contribution in [-0.4, -0.2) is 40.6 Å². The predicted octanol–water partition coefficient (Wildman–Crippen LogP) is 2.41. The number of pyridine rings is 1. The quantitative estimate of drug-likeness (QED) is 0.911. The molecular formula is C18H24N4O2. The van der Waals surface area contributed by atoms with E-state index in [4.69, 9.17) is 10.3 Å². The fourth-order valence-corrected chi connectivity index (χ4v) is 3.46. The molecule has 0 spiro atoms. The molecule has 1 unspecified atom stereocenters. The number of aromatic nitrogens is 2. The molecule has 128 valence electrons. The van der Waals surface area contributed by atoms with Crippen molar-refractivity contribution in [2.45, 2.75) is 39.0 Å². The minimum absolute atomic E-state index is 0.237. The number of piperidine rings is 1. The van der Waals surface area contributed by atoms with Crippen LogP contribution in [0.5, 0.6) is 0 Å². The van der Waals surface area contributed by atoms with Crippen molar-refractivity contribution in [2.24, 2.45) is 5.73 Å². The molecule has 24 heavy (non-hydrogen) atoms. The summed E-state index contributed by atoms with van der Waals surface area (Å²) in [5, 5.41) is 4.00. The fraction of sp³-hybridized carbons (Fsp3) is 0.500. The van der Waals surface area contributed by atoms with Gasteiger partial charge in [-0.3, -0.25) is 9.78 Å². The summed E-state index contributed by atoms with van der Waals surface area (Å²) in [4.78, 5) is 18.0. The minimum atomic E-state index is -0.237. The van der Waals surface area contributed by atoms with Crippen LogP contribution in [0.4, 0.5) is 0 Å². The SMILES string of the molecule is Cc1noc(C)c1-c1ccc(C2CCCN(CCC(N)=O)C2)nc1. The lowest BCUT2D eigenvalue weighted by Crippen LogP contribution is -2.36. The number of nitrogens with zero attached hydrogens (tertiary/aromatic N) is 3. The van der Waals surface area contributed by atoms with Gasteiger partial charge in [-0.15, -0.1) is 0 Å². The van der Waals surface area contributed by atoms with Gasteiger partial charge < -0.3 is 15.2 Å². The largest absolute Gasteiger partial charge is 0.370 e. The van der Waals surface area contributed by atoms with Gasteiger partial charge in [-0.25, -0.2) is 0 Å². The maximum absolute atomic E-state index is 11.0. The number of aryl methyl sites for hydroxylation is 2. The molecule has 2 aromatic rings.